The van der Waals surface area contributed by atoms with E-state index in [9.17, 15) is 23.1 Å². The van der Waals surface area contributed by atoms with Crippen LogP contribution in [-0.4, -0.2) is 48.6 Å². The summed E-state index contributed by atoms with van der Waals surface area (Å²) < 4.78 is 40.8. The zero-order chi connectivity index (χ0) is 25.7. The number of hydrogen-bond acceptors (Lipinski definition) is 4. The molecule has 5 nitrogen and oxygen atoms in total. The maximum Gasteiger partial charge on any atom is 0.416 e. The Balaban J connectivity index is 1.42. The first-order valence-corrected chi connectivity index (χ1v) is 12.1. The van der Waals surface area contributed by atoms with Crippen LogP contribution < -0.4 is 10.2 Å². The maximum atomic E-state index is 13.6. The Hall–Kier alpha value is -3.52. The van der Waals surface area contributed by atoms with Crippen LogP contribution >= 0.6 is 0 Å². The number of carbonyl (C=O) groups is 1. The van der Waals surface area contributed by atoms with E-state index >= 15 is 0 Å². The number of phenols is 1. The summed E-state index contributed by atoms with van der Waals surface area (Å²) >= 11 is 0. The molecule has 0 saturated carbocycles. The Morgan fingerprint density at radius 2 is 1.67 bits per heavy atom. The van der Waals surface area contributed by atoms with Crippen LogP contribution in [0, 0.1) is 0 Å². The lowest BCUT2D eigenvalue weighted by atomic mass is 9.99. The molecule has 0 unspecified atom stereocenters. The molecular weight excluding hydrogens is 467 g/mol. The van der Waals surface area contributed by atoms with Gasteiger partial charge in [0.05, 0.1) is 5.56 Å². The molecule has 0 aromatic heterocycles. The summed E-state index contributed by atoms with van der Waals surface area (Å²) in [6, 6.07) is 17.9. The van der Waals surface area contributed by atoms with E-state index in [1.807, 2.05) is 31.2 Å². The average Bonchev–Trinajstić information content (AvgIpc) is 2.87. The van der Waals surface area contributed by atoms with E-state index in [0.717, 1.165) is 31.3 Å². The van der Waals surface area contributed by atoms with Gasteiger partial charge in [0.15, 0.2) is 0 Å². The van der Waals surface area contributed by atoms with Crippen molar-refractivity contribution >= 4 is 11.6 Å². The third-order valence-corrected chi connectivity index (χ3v) is 6.31. The molecule has 1 heterocycles. The predicted molar refractivity (Wildman–Crippen MR) is 135 cm³/mol. The van der Waals surface area contributed by atoms with Crippen LogP contribution in [0.4, 0.5) is 18.9 Å². The zero-order valence-electron chi connectivity index (χ0n) is 20.2. The number of alkyl halides is 3. The third-order valence-electron chi connectivity index (χ3n) is 6.31. The van der Waals surface area contributed by atoms with Crippen molar-refractivity contribution in [1.29, 1.82) is 0 Å². The number of nitrogens with zero attached hydrogens (tertiary/aromatic N) is 2. The van der Waals surface area contributed by atoms with Crippen molar-refractivity contribution in [2.45, 2.75) is 26.1 Å². The van der Waals surface area contributed by atoms with Crippen LogP contribution in [0.3, 0.4) is 0 Å². The molecule has 1 aliphatic rings. The van der Waals surface area contributed by atoms with Crippen LogP contribution in [0.15, 0.2) is 66.7 Å². The number of anilines is 1. The molecular formula is C28H30F3N3O2. The standard InChI is InChI=1S/C28H30F3N3O2/c1-2-10-32-27(36)21-6-8-25(9-7-21)34-13-11-33(12-14-34)19-20-15-23(17-24(16-20)28(29,30)31)22-4-3-5-26(35)18-22/h3-9,15-18,35H,2,10-14,19H2,1H3,(H,32,36). The second-order valence-electron chi connectivity index (χ2n) is 9.03. The maximum absolute atomic E-state index is 13.6. The Morgan fingerprint density at radius 1 is 0.944 bits per heavy atom. The summed E-state index contributed by atoms with van der Waals surface area (Å²) in [5.74, 6) is -0.0726. The number of rotatable bonds is 7. The number of aromatic hydroxyl groups is 1. The van der Waals surface area contributed by atoms with Crippen molar-refractivity contribution in [3.05, 3.63) is 83.4 Å². The van der Waals surface area contributed by atoms with Gasteiger partial charge in [-0.15, -0.1) is 0 Å². The van der Waals surface area contributed by atoms with Gasteiger partial charge in [0.25, 0.3) is 5.91 Å². The van der Waals surface area contributed by atoms with Crippen LogP contribution in [0.5, 0.6) is 5.75 Å². The van der Waals surface area contributed by atoms with E-state index in [1.54, 1.807) is 18.2 Å². The van der Waals surface area contributed by atoms with Gasteiger partial charge in [-0.25, -0.2) is 0 Å². The molecule has 1 amide bonds. The van der Waals surface area contributed by atoms with E-state index in [1.165, 1.54) is 18.2 Å². The van der Waals surface area contributed by atoms with E-state index in [0.29, 0.717) is 48.4 Å². The number of carbonyl (C=O) groups excluding carboxylic acids is 1. The first-order chi connectivity index (χ1) is 17.2. The third kappa shape index (κ3) is 6.37. The molecule has 3 aromatic carbocycles. The van der Waals surface area contributed by atoms with Gasteiger partial charge in [-0.05, 0) is 77.7 Å². The predicted octanol–water partition coefficient (Wildman–Crippen LogP) is 5.54. The molecule has 1 saturated heterocycles. The quantitative estimate of drug-likeness (QED) is 0.450. The molecule has 190 valence electrons. The smallest absolute Gasteiger partial charge is 0.416 e. The Kier molecular flexibility index (Phi) is 7.84. The molecule has 0 atom stereocenters. The van der Waals surface area contributed by atoms with Crippen molar-refractivity contribution in [1.82, 2.24) is 10.2 Å². The molecule has 36 heavy (non-hydrogen) atoms. The molecule has 4 rings (SSSR count). The Labute approximate surface area is 209 Å². The number of halogens is 3. The van der Waals surface area contributed by atoms with E-state index < -0.39 is 11.7 Å². The average molecular weight is 498 g/mol. The highest BCUT2D eigenvalue weighted by molar-refractivity contribution is 5.94. The largest absolute Gasteiger partial charge is 0.508 e. The topological polar surface area (TPSA) is 55.8 Å². The fraction of sp³-hybridized carbons (Fsp3) is 0.321. The van der Waals surface area contributed by atoms with Gasteiger partial charge in [-0.1, -0.05) is 19.1 Å². The monoisotopic (exact) mass is 497 g/mol. The van der Waals surface area contributed by atoms with E-state index in [2.05, 4.69) is 15.1 Å². The van der Waals surface area contributed by atoms with Crippen molar-refractivity contribution in [3.63, 3.8) is 0 Å². The van der Waals surface area contributed by atoms with Crippen molar-refractivity contribution in [2.75, 3.05) is 37.6 Å². The summed E-state index contributed by atoms with van der Waals surface area (Å²) in [6.45, 7) is 5.93. The highest BCUT2D eigenvalue weighted by Crippen LogP contribution is 2.34. The molecule has 1 aliphatic heterocycles. The first-order valence-electron chi connectivity index (χ1n) is 12.1. The summed E-state index contributed by atoms with van der Waals surface area (Å²) in [7, 11) is 0. The SMILES string of the molecule is CCCNC(=O)c1ccc(N2CCN(Cc3cc(-c4cccc(O)c4)cc(C(F)(F)F)c3)CC2)cc1. The van der Waals surface area contributed by atoms with Crippen molar-refractivity contribution < 1.29 is 23.1 Å². The number of nitrogens with one attached hydrogen (secondary N) is 1. The molecule has 8 heteroatoms. The Morgan fingerprint density at radius 3 is 2.31 bits per heavy atom. The molecule has 0 spiro atoms. The second-order valence-corrected chi connectivity index (χ2v) is 9.03. The number of phenolic OH excluding ortho intramolecular Hbond substituents is 1. The molecule has 2 N–H and O–H groups in total. The minimum atomic E-state index is -4.46. The van der Waals surface area contributed by atoms with Crippen molar-refractivity contribution in [2.24, 2.45) is 0 Å². The summed E-state index contributed by atoms with van der Waals surface area (Å²) in [4.78, 5) is 16.5. The minimum absolute atomic E-state index is 0.0113. The van der Waals surface area contributed by atoms with Gasteiger partial charge < -0.3 is 15.3 Å². The minimum Gasteiger partial charge on any atom is -0.508 e. The van der Waals surface area contributed by atoms with E-state index in [-0.39, 0.29) is 11.7 Å². The number of amides is 1. The lowest BCUT2D eigenvalue weighted by Gasteiger charge is -2.36. The second kappa shape index (κ2) is 11.0. The van der Waals surface area contributed by atoms with Gasteiger partial charge >= 0.3 is 6.18 Å². The summed E-state index contributed by atoms with van der Waals surface area (Å²) in [6.07, 6.45) is -3.58. The molecule has 0 bridgehead atoms. The van der Waals surface area contributed by atoms with Gasteiger partial charge in [-0.3, -0.25) is 9.69 Å². The fourth-order valence-electron chi connectivity index (χ4n) is 4.39. The normalized spacial score (nSPS) is 14.6. The van der Waals surface area contributed by atoms with Crippen LogP contribution in [0.1, 0.15) is 34.8 Å². The molecule has 0 aliphatic carbocycles. The van der Waals surface area contributed by atoms with E-state index in [4.69, 9.17) is 0 Å². The molecule has 3 aromatic rings. The highest BCUT2D eigenvalue weighted by Gasteiger charge is 2.31. The summed E-state index contributed by atoms with van der Waals surface area (Å²) in [5.41, 5.74) is 2.50. The lowest BCUT2D eigenvalue weighted by Crippen LogP contribution is -2.46. The van der Waals surface area contributed by atoms with Gasteiger partial charge in [-0.2, -0.15) is 13.2 Å². The fourth-order valence-corrected chi connectivity index (χ4v) is 4.39. The lowest BCUT2D eigenvalue weighted by molar-refractivity contribution is -0.137. The number of hydrogen-bond donors (Lipinski definition) is 2. The van der Waals surface area contributed by atoms with Crippen LogP contribution in [-0.2, 0) is 12.7 Å². The van der Waals surface area contributed by atoms with Crippen LogP contribution in [0.2, 0.25) is 0 Å². The van der Waals surface area contributed by atoms with Crippen molar-refractivity contribution in [3.8, 4) is 16.9 Å². The van der Waals surface area contributed by atoms with Crippen LogP contribution in [0.25, 0.3) is 11.1 Å². The molecule has 0 radical (unpaired) electrons. The molecule has 1 fully saturated rings. The van der Waals surface area contributed by atoms with Gasteiger partial charge in [0.1, 0.15) is 5.75 Å². The van der Waals surface area contributed by atoms with Gasteiger partial charge in [0, 0.05) is 50.5 Å². The highest BCUT2D eigenvalue weighted by atomic mass is 19.4. The first kappa shape index (κ1) is 25.6. The Bertz CT molecular complexity index is 1190. The number of benzene rings is 3. The van der Waals surface area contributed by atoms with Gasteiger partial charge in [0.2, 0.25) is 0 Å². The number of piperazine rings is 1. The summed E-state index contributed by atoms with van der Waals surface area (Å²) in [5, 5.41) is 12.6. The zero-order valence-corrected chi connectivity index (χ0v) is 20.2.